The molecular weight excluding hydrogens is 244 g/mol. The molecule has 118 valence electrons. The lowest BCUT2D eigenvalue weighted by molar-refractivity contribution is -0.00770. The standard InChI is InChI=1S/C18H36N2/c1-15(2)9-11-19-13-14-20(12-10-16(3)4)18-8-6-5-7-17(18)19/h15-18H,5-14H2,1-4H3. The number of hydrogen-bond acceptors (Lipinski definition) is 2. The highest BCUT2D eigenvalue weighted by Crippen LogP contribution is 2.31. The molecule has 2 nitrogen and oxygen atoms in total. The zero-order valence-corrected chi connectivity index (χ0v) is 14.3. The van der Waals surface area contributed by atoms with Crippen LogP contribution < -0.4 is 0 Å². The average molecular weight is 280 g/mol. The molecule has 1 aliphatic heterocycles. The first kappa shape index (κ1) is 16.3. The molecule has 1 heterocycles. The van der Waals surface area contributed by atoms with Gasteiger partial charge in [0.05, 0.1) is 0 Å². The van der Waals surface area contributed by atoms with E-state index in [4.69, 9.17) is 0 Å². The quantitative estimate of drug-likeness (QED) is 0.725. The molecule has 0 bridgehead atoms. The highest BCUT2D eigenvalue weighted by atomic mass is 15.3. The Hall–Kier alpha value is -0.0800. The second-order valence-electron chi connectivity index (χ2n) is 7.86. The summed E-state index contributed by atoms with van der Waals surface area (Å²) in [6.07, 6.45) is 8.54. The van der Waals surface area contributed by atoms with Crippen LogP contribution in [0.25, 0.3) is 0 Å². The molecule has 1 saturated heterocycles. The van der Waals surface area contributed by atoms with Gasteiger partial charge >= 0.3 is 0 Å². The Morgan fingerprint density at radius 3 is 1.50 bits per heavy atom. The van der Waals surface area contributed by atoms with Crippen molar-refractivity contribution in [2.75, 3.05) is 26.2 Å². The van der Waals surface area contributed by atoms with E-state index in [0.717, 1.165) is 23.9 Å². The summed E-state index contributed by atoms with van der Waals surface area (Å²) >= 11 is 0. The lowest BCUT2D eigenvalue weighted by atomic mass is 9.85. The van der Waals surface area contributed by atoms with Crippen LogP contribution in [0.2, 0.25) is 0 Å². The third kappa shape index (κ3) is 4.46. The van der Waals surface area contributed by atoms with E-state index in [9.17, 15) is 0 Å². The Morgan fingerprint density at radius 1 is 0.750 bits per heavy atom. The molecule has 1 saturated carbocycles. The van der Waals surface area contributed by atoms with E-state index >= 15 is 0 Å². The van der Waals surface area contributed by atoms with Gasteiger partial charge in [-0.3, -0.25) is 9.80 Å². The minimum atomic E-state index is 0.844. The normalized spacial score (nSPS) is 29.1. The fourth-order valence-electron chi connectivity index (χ4n) is 3.94. The first-order chi connectivity index (χ1) is 9.58. The molecule has 2 fully saturated rings. The van der Waals surface area contributed by atoms with E-state index in [2.05, 4.69) is 37.5 Å². The van der Waals surface area contributed by atoms with Crippen LogP contribution in [0.3, 0.4) is 0 Å². The second-order valence-corrected chi connectivity index (χ2v) is 7.86. The lowest BCUT2D eigenvalue weighted by Gasteiger charge is -2.50. The predicted molar refractivity (Wildman–Crippen MR) is 88.1 cm³/mol. The number of hydrogen-bond donors (Lipinski definition) is 0. The van der Waals surface area contributed by atoms with Gasteiger partial charge in [0.15, 0.2) is 0 Å². The molecule has 1 aliphatic carbocycles. The maximum Gasteiger partial charge on any atom is 0.0252 e. The van der Waals surface area contributed by atoms with Crippen molar-refractivity contribution < 1.29 is 0 Å². The van der Waals surface area contributed by atoms with Gasteiger partial charge in [-0.05, 0) is 50.6 Å². The molecule has 2 unspecified atom stereocenters. The van der Waals surface area contributed by atoms with Crippen LogP contribution in [0.5, 0.6) is 0 Å². The summed E-state index contributed by atoms with van der Waals surface area (Å²) in [7, 11) is 0. The molecular formula is C18H36N2. The van der Waals surface area contributed by atoms with Crippen molar-refractivity contribution in [2.45, 2.75) is 78.3 Å². The van der Waals surface area contributed by atoms with Crippen LogP contribution >= 0.6 is 0 Å². The van der Waals surface area contributed by atoms with Gasteiger partial charge in [-0.25, -0.2) is 0 Å². The second kappa shape index (κ2) is 7.79. The number of rotatable bonds is 6. The zero-order valence-electron chi connectivity index (χ0n) is 14.3. The molecule has 2 aliphatic rings. The molecule has 0 aromatic carbocycles. The monoisotopic (exact) mass is 280 g/mol. The Kier molecular flexibility index (Phi) is 6.35. The molecule has 0 N–H and O–H groups in total. The minimum Gasteiger partial charge on any atom is -0.298 e. The van der Waals surface area contributed by atoms with Crippen LogP contribution in [0.4, 0.5) is 0 Å². The van der Waals surface area contributed by atoms with E-state index in [1.165, 1.54) is 64.7 Å². The van der Waals surface area contributed by atoms with Gasteiger partial charge in [-0.2, -0.15) is 0 Å². The SMILES string of the molecule is CC(C)CCN1CCN(CCC(C)C)C2CCCCC21. The molecule has 0 radical (unpaired) electrons. The molecule has 2 atom stereocenters. The number of fused-ring (bicyclic) bond motifs is 1. The minimum absolute atomic E-state index is 0.844. The van der Waals surface area contributed by atoms with Crippen LogP contribution in [-0.4, -0.2) is 48.1 Å². The van der Waals surface area contributed by atoms with E-state index < -0.39 is 0 Å². The summed E-state index contributed by atoms with van der Waals surface area (Å²) in [5.41, 5.74) is 0. The fourth-order valence-corrected chi connectivity index (χ4v) is 3.94. The van der Waals surface area contributed by atoms with E-state index in [1.807, 2.05) is 0 Å². The third-order valence-corrected chi connectivity index (χ3v) is 5.29. The first-order valence-corrected chi connectivity index (χ1v) is 9.06. The van der Waals surface area contributed by atoms with E-state index in [1.54, 1.807) is 0 Å². The molecule has 2 rings (SSSR count). The summed E-state index contributed by atoms with van der Waals surface area (Å²) in [4.78, 5) is 5.66. The first-order valence-electron chi connectivity index (χ1n) is 9.06. The summed E-state index contributed by atoms with van der Waals surface area (Å²) in [5.74, 6) is 1.69. The Morgan fingerprint density at radius 2 is 1.15 bits per heavy atom. The molecule has 0 amide bonds. The van der Waals surface area contributed by atoms with Crippen molar-refractivity contribution in [1.29, 1.82) is 0 Å². The van der Waals surface area contributed by atoms with Crippen molar-refractivity contribution in [2.24, 2.45) is 11.8 Å². The number of nitrogens with zero attached hydrogens (tertiary/aromatic N) is 2. The van der Waals surface area contributed by atoms with Crippen LogP contribution in [0.1, 0.15) is 66.2 Å². The van der Waals surface area contributed by atoms with Crippen molar-refractivity contribution in [1.82, 2.24) is 9.80 Å². The van der Waals surface area contributed by atoms with Gasteiger partial charge in [0.1, 0.15) is 0 Å². The highest BCUT2D eigenvalue weighted by Gasteiger charge is 2.37. The van der Waals surface area contributed by atoms with Gasteiger partial charge in [0, 0.05) is 25.2 Å². The maximum atomic E-state index is 2.83. The lowest BCUT2D eigenvalue weighted by Crippen LogP contribution is -2.60. The van der Waals surface area contributed by atoms with Crippen LogP contribution in [0.15, 0.2) is 0 Å². The zero-order chi connectivity index (χ0) is 14.5. The average Bonchev–Trinajstić information content (AvgIpc) is 2.43. The van der Waals surface area contributed by atoms with Crippen molar-refractivity contribution >= 4 is 0 Å². The fraction of sp³-hybridized carbons (Fsp3) is 1.00. The smallest absolute Gasteiger partial charge is 0.0252 e. The van der Waals surface area contributed by atoms with Gasteiger partial charge in [-0.15, -0.1) is 0 Å². The maximum absolute atomic E-state index is 2.83. The Labute approximate surface area is 126 Å². The summed E-state index contributed by atoms with van der Waals surface area (Å²) < 4.78 is 0. The predicted octanol–water partition coefficient (Wildman–Crippen LogP) is 4.01. The summed E-state index contributed by atoms with van der Waals surface area (Å²) in [6.45, 7) is 14.7. The molecule has 0 spiro atoms. The van der Waals surface area contributed by atoms with E-state index in [0.29, 0.717) is 0 Å². The molecule has 20 heavy (non-hydrogen) atoms. The number of piperazine rings is 1. The Bertz CT molecular complexity index is 247. The van der Waals surface area contributed by atoms with Crippen LogP contribution in [-0.2, 0) is 0 Å². The molecule has 0 aromatic heterocycles. The molecule has 0 aromatic rings. The van der Waals surface area contributed by atoms with Gasteiger partial charge in [-0.1, -0.05) is 40.5 Å². The summed E-state index contributed by atoms with van der Waals surface area (Å²) in [6, 6.07) is 1.73. The van der Waals surface area contributed by atoms with Crippen molar-refractivity contribution in [3.05, 3.63) is 0 Å². The van der Waals surface area contributed by atoms with Gasteiger partial charge in [0.2, 0.25) is 0 Å². The van der Waals surface area contributed by atoms with Crippen LogP contribution in [0, 0.1) is 11.8 Å². The largest absolute Gasteiger partial charge is 0.298 e. The topological polar surface area (TPSA) is 6.48 Å². The highest BCUT2D eigenvalue weighted by molar-refractivity contribution is 4.94. The van der Waals surface area contributed by atoms with Crippen molar-refractivity contribution in [3.63, 3.8) is 0 Å². The van der Waals surface area contributed by atoms with Crippen molar-refractivity contribution in [3.8, 4) is 0 Å². The third-order valence-electron chi connectivity index (χ3n) is 5.29. The molecule has 2 heteroatoms. The summed E-state index contributed by atoms with van der Waals surface area (Å²) in [5, 5.41) is 0. The Balaban J connectivity index is 1.91. The van der Waals surface area contributed by atoms with Gasteiger partial charge < -0.3 is 0 Å². The van der Waals surface area contributed by atoms with E-state index in [-0.39, 0.29) is 0 Å². The van der Waals surface area contributed by atoms with Gasteiger partial charge in [0.25, 0.3) is 0 Å².